The molecular formula is C22H30N4O3S. The van der Waals surface area contributed by atoms with Gasteiger partial charge in [-0.2, -0.15) is 0 Å². The molecule has 1 fully saturated rings. The van der Waals surface area contributed by atoms with Crippen LogP contribution in [-0.2, 0) is 16.7 Å². The first-order chi connectivity index (χ1) is 14.6. The molecule has 8 heteroatoms. The molecule has 0 radical (unpaired) electrons. The maximum absolute atomic E-state index is 5.68. The number of hydrogen-bond acceptors (Lipinski definition) is 6. The molecule has 0 atom stereocenters. The summed E-state index contributed by atoms with van der Waals surface area (Å²) in [7, 11) is 0. The van der Waals surface area contributed by atoms with Gasteiger partial charge in [0.05, 0.1) is 12.2 Å². The largest absolute Gasteiger partial charge is 0.454 e. The van der Waals surface area contributed by atoms with E-state index in [0.717, 1.165) is 67.3 Å². The predicted octanol–water partition coefficient (Wildman–Crippen LogP) is 3.29. The second-order valence-electron chi connectivity index (χ2n) is 7.76. The van der Waals surface area contributed by atoms with Crippen LogP contribution in [0, 0.1) is 13.8 Å². The molecule has 0 unspecified atom stereocenters. The van der Waals surface area contributed by atoms with Gasteiger partial charge < -0.3 is 24.8 Å². The standard InChI is InChI=1S/C22H30N4O3S/c1-4-23-21(24-12-20-26-15(2)16(3)30-20)25-13-22(7-9-27-10-8-22)17-5-6-18-19(11-17)29-14-28-18/h5-6,11H,4,7-10,12-14H2,1-3H3,(H2,23,24,25). The van der Waals surface area contributed by atoms with Crippen LogP contribution in [0.25, 0.3) is 0 Å². The highest BCUT2D eigenvalue weighted by atomic mass is 32.1. The van der Waals surface area contributed by atoms with Gasteiger partial charge in [-0.05, 0) is 51.3 Å². The first-order valence-electron chi connectivity index (χ1n) is 10.5. The van der Waals surface area contributed by atoms with Crippen LogP contribution in [0.15, 0.2) is 23.2 Å². The number of guanidine groups is 1. The monoisotopic (exact) mass is 430 g/mol. The number of nitrogens with one attached hydrogen (secondary N) is 2. The third-order valence-corrected chi connectivity index (χ3v) is 6.88. The van der Waals surface area contributed by atoms with Gasteiger partial charge in [0.2, 0.25) is 6.79 Å². The van der Waals surface area contributed by atoms with Gasteiger partial charge in [0, 0.05) is 36.6 Å². The normalized spacial score (nSPS) is 17.8. The first-order valence-corrected chi connectivity index (χ1v) is 11.3. The molecule has 7 nitrogen and oxygen atoms in total. The zero-order chi connectivity index (χ0) is 21.0. The lowest BCUT2D eigenvalue weighted by Crippen LogP contribution is -2.48. The summed E-state index contributed by atoms with van der Waals surface area (Å²) in [5.74, 6) is 2.46. The first kappa shape index (κ1) is 20.9. The molecule has 0 aliphatic carbocycles. The van der Waals surface area contributed by atoms with Crippen molar-refractivity contribution in [1.82, 2.24) is 15.6 Å². The van der Waals surface area contributed by atoms with Crippen molar-refractivity contribution in [2.75, 3.05) is 33.1 Å². The Bertz CT molecular complexity index is 886. The fourth-order valence-electron chi connectivity index (χ4n) is 3.90. The van der Waals surface area contributed by atoms with E-state index in [1.165, 1.54) is 10.4 Å². The molecule has 1 saturated heterocycles. The summed E-state index contributed by atoms with van der Waals surface area (Å²) in [5, 5.41) is 7.98. The third kappa shape index (κ3) is 4.54. The SMILES string of the molecule is CCNC(=NCc1nc(C)c(C)s1)NCC1(c2ccc3c(c2)OCO3)CCOCC1. The summed E-state index contributed by atoms with van der Waals surface area (Å²) in [4.78, 5) is 10.6. The molecule has 2 aliphatic heterocycles. The van der Waals surface area contributed by atoms with E-state index in [4.69, 9.17) is 19.2 Å². The topological polar surface area (TPSA) is 77.0 Å². The van der Waals surface area contributed by atoms with Gasteiger partial charge in [-0.15, -0.1) is 11.3 Å². The number of aromatic nitrogens is 1. The molecule has 1 aromatic heterocycles. The van der Waals surface area contributed by atoms with E-state index in [1.807, 2.05) is 13.0 Å². The number of nitrogens with zero attached hydrogens (tertiary/aromatic N) is 2. The van der Waals surface area contributed by atoms with Crippen LogP contribution >= 0.6 is 11.3 Å². The Kier molecular flexibility index (Phi) is 6.43. The van der Waals surface area contributed by atoms with E-state index < -0.39 is 0 Å². The van der Waals surface area contributed by atoms with Gasteiger partial charge in [0.25, 0.3) is 0 Å². The fraction of sp³-hybridized carbons (Fsp3) is 0.545. The van der Waals surface area contributed by atoms with E-state index >= 15 is 0 Å². The molecule has 0 spiro atoms. The van der Waals surface area contributed by atoms with E-state index in [9.17, 15) is 0 Å². The summed E-state index contributed by atoms with van der Waals surface area (Å²) in [6.07, 6.45) is 1.90. The lowest BCUT2D eigenvalue weighted by Gasteiger charge is -2.38. The van der Waals surface area contributed by atoms with E-state index in [0.29, 0.717) is 13.3 Å². The zero-order valence-corrected chi connectivity index (χ0v) is 18.7. The molecule has 30 heavy (non-hydrogen) atoms. The van der Waals surface area contributed by atoms with Crippen LogP contribution in [-0.4, -0.2) is 44.0 Å². The van der Waals surface area contributed by atoms with Crippen LogP contribution in [0.2, 0.25) is 0 Å². The van der Waals surface area contributed by atoms with Gasteiger partial charge in [-0.1, -0.05) is 6.07 Å². The zero-order valence-electron chi connectivity index (χ0n) is 17.9. The Morgan fingerprint density at radius 2 is 1.97 bits per heavy atom. The third-order valence-electron chi connectivity index (χ3n) is 5.82. The van der Waals surface area contributed by atoms with Crippen molar-refractivity contribution >= 4 is 17.3 Å². The Balaban J connectivity index is 1.51. The lowest BCUT2D eigenvalue weighted by molar-refractivity contribution is 0.0513. The molecule has 4 rings (SSSR count). The number of aryl methyl sites for hydroxylation is 2. The van der Waals surface area contributed by atoms with Crippen molar-refractivity contribution in [3.8, 4) is 11.5 Å². The average molecular weight is 431 g/mol. The number of rotatable bonds is 6. The van der Waals surface area contributed by atoms with Gasteiger partial charge in [-0.25, -0.2) is 9.98 Å². The van der Waals surface area contributed by atoms with E-state index in [1.54, 1.807) is 11.3 Å². The van der Waals surface area contributed by atoms with Crippen LogP contribution in [0.5, 0.6) is 11.5 Å². The molecule has 1 aromatic carbocycles. The molecule has 3 heterocycles. The molecular weight excluding hydrogens is 400 g/mol. The van der Waals surface area contributed by atoms with Crippen LogP contribution in [0.1, 0.15) is 40.9 Å². The van der Waals surface area contributed by atoms with Gasteiger partial charge in [0.15, 0.2) is 17.5 Å². The van der Waals surface area contributed by atoms with Crippen LogP contribution in [0.3, 0.4) is 0 Å². The van der Waals surface area contributed by atoms with Crippen molar-refractivity contribution in [3.63, 3.8) is 0 Å². The summed E-state index contributed by atoms with van der Waals surface area (Å²) < 4.78 is 16.8. The lowest BCUT2D eigenvalue weighted by atomic mass is 9.74. The van der Waals surface area contributed by atoms with Gasteiger partial charge >= 0.3 is 0 Å². The summed E-state index contributed by atoms with van der Waals surface area (Å²) >= 11 is 1.71. The maximum atomic E-state index is 5.68. The molecule has 2 N–H and O–H groups in total. The number of aliphatic imine (C=N–C) groups is 1. The van der Waals surface area contributed by atoms with Crippen molar-refractivity contribution < 1.29 is 14.2 Å². The summed E-state index contributed by atoms with van der Waals surface area (Å²) in [6.45, 7) is 10.2. The highest BCUT2D eigenvalue weighted by Gasteiger charge is 2.35. The highest BCUT2D eigenvalue weighted by Crippen LogP contribution is 2.40. The number of thiazole rings is 1. The van der Waals surface area contributed by atoms with Crippen molar-refractivity contribution in [2.45, 2.75) is 45.6 Å². The van der Waals surface area contributed by atoms with Crippen LogP contribution < -0.4 is 20.1 Å². The van der Waals surface area contributed by atoms with E-state index in [2.05, 4.69) is 41.6 Å². The maximum Gasteiger partial charge on any atom is 0.231 e. The van der Waals surface area contributed by atoms with Crippen molar-refractivity contribution in [1.29, 1.82) is 0 Å². The fourth-order valence-corrected chi connectivity index (χ4v) is 4.76. The quantitative estimate of drug-likeness (QED) is 0.541. The van der Waals surface area contributed by atoms with Gasteiger partial charge in [0.1, 0.15) is 5.01 Å². The second-order valence-corrected chi connectivity index (χ2v) is 9.05. The van der Waals surface area contributed by atoms with Gasteiger partial charge in [-0.3, -0.25) is 0 Å². The summed E-state index contributed by atoms with van der Waals surface area (Å²) in [5.41, 5.74) is 2.31. The smallest absolute Gasteiger partial charge is 0.231 e. The Morgan fingerprint density at radius 1 is 1.17 bits per heavy atom. The number of fused-ring (bicyclic) bond motifs is 1. The Morgan fingerprint density at radius 3 is 2.70 bits per heavy atom. The second kappa shape index (κ2) is 9.22. The molecule has 0 saturated carbocycles. The summed E-state index contributed by atoms with van der Waals surface area (Å²) in [6, 6.07) is 6.30. The molecule has 2 aromatic rings. The Hall–Kier alpha value is -2.32. The average Bonchev–Trinajstić information content (AvgIpc) is 3.36. The van der Waals surface area contributed by atoms with Crippen LogP contribution in [0.4, 0.5) is 0 Å². The number of ether oxygens (including phenoxy) is 3. The molecule has 0 bridgehead atoms. The minimum absolute atomic E-state index is 0.0379. The minimum atomic E-state index is -0.0379. The Labute approximate surface area is 181 Å². The molecule has 0 amide bonds. The predicted molar refractivity (Wildman–Crippen MR) is 119 cm³/mol. The molecule has 162 valence electrons. The van der Waals surface area contributed by atoms with Crippen molar-refractivity contribution in [3.05, 3.63) is 39.3 Å². The highest BCUT2D eigenvalue weighted by molar-refractivity contribution is 7.11. The minimum Gasteiger partial charge on any atom is -0.454 e. The number of hydrogen-bond donors (Lipinski definition) is 2. The number of benzene rings is 1. The van der Waals surface area contributed by atoms with E-state index in [-0.39, 0.29) is 5.41 Å². The van der Waals surface area contributed by atoms with Crippen molar-refractivity contribution in [2.24, 2.45) is 4.99 Å². The molecule has 2 aliphatic rings.